The smallest absolute Gasteiger partial charge is 0.191 e. The van der Waals surface area contributed by atoms with Crippen molar-refractivity contribution in [2.24, 2.45) is 0 Å². The summed E-state index contributed by atoms with van der Waals surface area (Å²) in [5.41, 5.74) is 12.4. The SMILES string of the molecule is CCN1CC(=C(c2ccccc2)N(CC)CC)C(=O)C(=C(c2ccccc2)N(CC)CC)C1.CCN1CC(=C(c2ccccc2)N(CC)CC)C(=O)C(=C(c2ccccc2)N(CC)CC)C1. The highest BCUT2D eigenvalue weighted by Gasteiger charge is 2.35. The van der Waals surface area contributed by atoms with Gasteiger partial charge in [-0.1, -0.05) is 135 Å². The van der Waals surface area contributed by atoms with Gasteiger partial charge in [0.05, 0.1) is 22.8 Å². The van der Waals surface area contributed by atoms with E-state index in [1.165, 1.54) is 0 Å². The molecule has 4 aromatic carbocycles. The van der Waals surface area contributed by atoms with Gasteiger partial charge in [-0.25, -0.2) is 0 Å². The highest BCUT2D eigenvalue weighted by molar-refractivity contribution is 6.18. The molecule has 0 aromatic heterocycles. The molecule has 6 rings (SSSR count). The standard InChI is InChI=1S/2C29H39N3O/c2*1-6-30-21-25(27(31(7-2)8-3)23-17-13-11-14-18-23)29(33)26(22-30)28(32(9-4)10-5)24-19-15-12-16-20-24/h2*11-20H,6-10,21-22H2,1-5H3. The predicted molar refractivity (Wildman–Crippen MR) is 279 cm³/mol. The minimum atomic E-state index is 0.191. The van der Waals surface area contributed by atoms with E-state index in [1.807, 2.05) is 24.3 Å². The van der Waals surface area contributed by atoms with Crippen molar-refractivity contribution < 1.29 is 9.59 Å². The van der Waals surface area contributed by atoms with Gasteiger partial charge in [0.2, 0.25) is 0 Å². The van der Waals surface area contributed by atoms with E-state index in [-0.39, 0.29) is 11.6 Å². The molecule has 0 amide bonds. The summed E-state index contributed by atoms with van der Waals surface area (Å²) in [6.45, 7) is 33.2. The van der Waals surface area contributed by atoms with Gasteiger partial charge in [-0.3, -0.25) is 19.4 Å². The first-order valence-corrected chi connectivity index (χ1v) is 24.9. The number of benzene rings is 4. The van der Waals surface area contributed by atoms with Gasteiger partial charge in [-0.05, 0) is 90.7 Å². The third-order valence-electron chi connectivity index (χ3n) is 13.2. The van der Waals surface area contributed by atoms with E-state index < -0.39 is 0 Å². The number of carbonyl (C=O) groups is 2. The third-order valence-corrected chi connectivity index (χ3v) is 13.2. The van der Waals surface area contributed by atoms with Gasteiger partial charge in [-0.15, -0.1) is 0 Å². The van der Waals surface area contributed by atoms with Crippen LogP contribution in [0, 0.1) is 0 Å². The summed E-state index contributed by atoms with van der Waals surface area (Å²) in [7, 11) is 0. The second kappa shape index (κ2) is 25.9. The topological polar surface area (TPSA) is 53.6 Å². The van der Waals surface area contributed by atoms with Gasteiger partial charge < -0.3 is 19.6 Å². The number of ketones is 2. The number of rotatable bonds is 18. The van der Waals surface area contributed by atoms with Crippen LogP contribution < -0.4 is 0 Å². The van der Waals surface area contributed by atoms with Crippen LogP contribution in [0.5, 0.6) is 0 Å². The van der Waals surface area contributed by atoms with Crippen molar-refractivity contribution in [2.75, 3.05) is 91.6 Å². The molecule has 0 saturated carbocycles. The molecule has 8 heteroatoms. The fraction of sp³-hybridized carbons (Fsp3) is 0.414. The normalized spacial score (nSPS) is 17.7. The van der Waals surface area contributed by atoms with Crippen LogP contribution in [0.15, 0.2) is 144 Å². The van der Waals surface area contributed by atoms with E-state index >= 15 is 0 Å². The summed E-state index contributed by atoms with van der Waals surface area (Å²) in [4.78, 5) is 42.7. The summed E-state index contributed by atoms with van der Waals surface area (Å²) < 4.78 is 0. The first kappa shape index (κ1) is 51.3. The average Bonchev–Trinajstić information content (AvgIpc) is 3.37. The zero-order valence-corrected chi connectivity index (χ0v) is 41.9. The number of hydrogen-bond donors (Lipinski definition) is 0. The molecule has 0 aliphatic carbocycles. The number of Topliss-reactive ketones (excluding diaryl/α,β-unsaturated/α-hetero) is 2. The summed E-state index contributed by atoms with van der Waals surface area (Å²) >= 11 is 0. The Hall–Kier alpha value is -5.70. The first-order valence-electron chi connectivity index (χ1n) is 24.9. The van der Waals surface area contributed by atoms with Gasteiger partial charge in [0.25, 0.3) is 0 Å². The Balaban J connectivity index is 0.000000247. The van der Waals surface area contributed by atoms with E-state index in [0.717, 1.165) is 133 Å². The summed E-state index contributed by atoms with van der Waals surface area (Å²) in [6, 6.07) is 41.7. The lowest BCUT2D eigenvalue weighted by molar-refractivity contribution is -0.114. The van der Waals surface area contributed by atoms with E-state index in [9.17, 15) is 9.59 Å². The molecule has 0 N–H and O–H groups in total. The van der Waals surface area contributed by atoms with Crippen molar-refractivity contribution in [3.8, 4) is 0 Å². The highest BCUT2D eigenvalue weighted by Crippen LogP contribution is 2.35. The Labute approximate surface area is 398 Å². The Bertz CT molecular complexity index is 1950. The molecule has 66 heavy (non-hydrogen) atoms. The van der Waals surface area contributed by atoms with Crippen LogP contribution in [0.1, 0.15) is 91.5 Å². The molecular weight excluding hydrogens is 813 g/mol. The van der Waals surface area contributed by atoms with Crippen LogP contribution in [-0.2, 0) is 9.59 Å². The van der Waals surface area contributed by atoms with Crippen LogP contribution in [-0.4, -0.2) is 133 Å². The van der Waals surface area contributed by atoms with Crippen molar-refractivity contribution in [1.82, 2.24) is 29.4 Å². The molecule has 0 bridgehead atoms. The molecule has 352 valence electrons. The second-order valence-corrected chi connectivity index (χ2v) is 16.7. The molecule has 8 nitrogen and oxygen atoms in total. The molecule has 0 radical (unpaired) electrons. The minimum Gasteiger partial charge on any atom is -0.371 e. The lowest BCUT2D eigenvalue weighted by Crippen LogP contribution is -2.41. The van der Waals surface area contributed by atoms with Gasteiger partial charge in [0.1, 0.15) is 0 Å². The number of hydrogen-bond acceptors (Lipinski definition) is 8. The fourth-order valence-corrected chi connectivity index (χ4v) is 9.57. The molecule has 0 atom stereocenters. The van der Waals surface area contributed by atoms with Crippen molar-refractivity contribution in [2.45, 2.75) is 69.2 Å². The third kappa shape index (κ3) is 12.0. The Kier molecular flexibility index (Phi) is 20.1. The first-order chi connectivity index (χ1) is 32.2. The lowest BCUT2D eigenvalue weighted by atomic mass is 9.89. The molecule has 4 aromatic rings. The number of piperidine rings is 2. The van der Waals surface area contributed by atoms with Crippen LogP contribution >= 0.6 is 0 Å². The quantitative estimate of drug-likeness (QED) is 0.0916. The van der Waals surface area contributed by atoms with Crippen molar-refractivity contribution in [3.63, 3.8) is 0 Å². The molecule has 2 heterocycles. The van der Waals surface area contributed by atoms with Gasteiger partial charge in [0.15, 0.2) is 11.6 Å². The fourth-order valence-electron chi connectivity index (χ4n) is 9.57. The van der Waals surface area contributed by atoms with Crippen LogP contribution in [0.4, 0.5) is 0 Å². The molecule has 2 aliphatic rings. The number of nitrogens with zero attached hydrogens (tertiary/aromatic N) is 6. The monoisotopic (exact) mass is 891 g/mol. The zero-order valence-electron chi connectivity index (χ0n) is 41.9. The van der Waals surface area contributed by atoms with Crippen molar-refractivity contribution in [3.05, 3.63) is 166 Å². The zero-order chi connectivity index (χ0) is 47.6. The van der Waals surface area contributed by atoms with Crippen molar-refractivity contribution >= 4 is 34.4 Å². The minimum absolute atomic E-state index is 0.191. The summed E-state index contributed by atoms with van der Waals surface area (Å²) in [5, 5.41) is 0. The maximum Gasteiger partial charge on any atom is 0.191 e. The van der Waals surface area contributed by atoms with Crippen LogP contribution in [0.2, 0.25) is 0 Å². The molecule has 2 fully saturated rings. The number of carbonyl (C=O) groups excluding carboxylic acids is 2. The number of likely N-dealkylation sites (tertiary alicyclic amines) is 2. The van der Waals surface area contributed by atoms with Gasteiger partial charge >= 0.3 is 0 Å². The van der Waals surface area contributed by atoms with E-state index in [2.05, 4.69) is 196 Å². The lowest BCUT2D eigenvalue weighted by Gasteiger charge is -2.36. The Morgan fingerprint density at radius 1 is 0.333 bits per heavy atom. The molecule has 2 saturated heterocycles. The molecule has 0 spiro atoms. The summed E-state index contributed by atoms with van der Waals surface area (Å²) in [6.07, 6.45) is 0. The molecule has 2 aliphatic heterocycles. The van der Waals surface area contributed by atoms with Gasteiger partial charge in [-0.2, -0.15) is 0 Å². The average molecular weight is 891 g/mol. The van der Waals surface area contributed by atoms with Crippen LogP contribution in [0.3, 0.4) is 0 Å². The second-order valence-electron chi connectivity index (χ2n) is 16.7. The van der Waals surface area contributed by atoms with Gasteiger partial charge in [0, 0.05) is 101 Å². The maximum absolute atomic E-state index is 14.3. The maximum atomic E-state index is 14.3. The largest absolute Gasteiger partial charge is 0.371 e. The molecular formula is C58H78N6O2. The highest BCUT2D eigenvalue weighted by atomic mass is 16.1. The van der Waals surface area contributed by atoms with E-state index in [4.69, 9.17) is 0 Å². The summed E-state index contributed by atoms with van der Waals surface area (Å²) in [5.74, 6) is 0.382. The van der Waals surface area contributed by atoms with E-state index in [0.29, 0.717) is 26.2 Å². The van der Waals surface area contributed by atoms with Crippen molar-refractivity contribution in [1.29, 1.82) is 0 Å². The molecule has 0 unspecified atom stereocenters. The number of likely N-dealkylation sites (N-methyl/N-ethyl adjacent to an activating group) is 2. The Morgan fingerprint density at radius 2 is 0.515 bits per heavy atom. The van der Waals surface area contributed by atoms with Crippen LogP contribution in [0.25, 0.3) is 22.8 Å². The van der Waals surface area contributed by atoms with E-state index in [1.54, 1.807) is 0 Å². The Morgan fingerprint density at radius 3 is 0.667 bits per heavy atom. The predicted octanol–water partition coefficient (Wildman–Crippen LogP) is 10.8.